The van der Waals surface area contributed by atoms with Gasteiger partial charge in [-0.2, -0.15) is 0 Å². The zero-order chi connectivity index (χ0) is 18.4. The van der Waals surface area contributed by atoms with Crippen LogP contribution in [0.2, 0.25) is 0 Å². The van der Waals surface area contributed by atoms with Crippen LogP contribution in [0, 0.1) is 23.7 Å². The molecule has 1 saturated carbocycles. The van der Waals surface area contributed by atoms with Crippen LogP contribution in [0.25, 0.3) is 0 Å². The predicted octanol–water partition coefficient (Wildman–Crippen LogP) is 2.36. The molecule has 2 aliphatic carbocycles. The Bertz CT molecular complexity index is 739. The van der Waals surface area contributed by atoms with E-state index in [9.17, 15) is 14.4 Å². The van der Waals surface area contributed by atoms with E-state index in [1.807, 2.05) is 30.3 Å². The number of hydrogen-bond acceptors (Lipinski definition) is 4. The van der Waals surface area contributed by atoms with Gasteiger partial charge in [-0.25, -0.2) is 4.79 Å². The van der Waals surface area contributed by atoms with Gasteiger partial charge in [-0.05, 0) is 37.7 Å². The Morgan fingerprint density at radius 1 is 1.08 bits per heavy atom. The first-order chi connectivity index (χ1) is 12.5. The normalized spacial score (nSPS) is 30.2. The highest BCUT2D eigenvalue weighted by atomic mass is 16.5. The molecular formula is C21H23NO4. The number of nitrogens with zero attached hydrogens (tertiary/aromatic N) is 1. The number of carbonyl (C=O) groups is 3. The highest BCUT2D eigenvalue weighted by Crippen LogP contribution is 2.53. The molecule has 2 bridgehead atoms. The number of amides is 2. The summed E-state index contributed by atoms with van der Waals surface area (Å²) in [6.07, 6.45) is 4.97. The summed E-state index contributed by atoms with van der Waals surface area (Å²) in [4.78, 5) is 40.1. The molecule has 5 atom stereocenters. The fourth-order valence-electron chi connectivity index (χ4n) is 4.66. The highest BCUT2D eigenvalue weighted by Gasteiger charge is 2.61. The number of ether oxygens (including phenoxy) is 1. The molecule has 0 aromatic heterocycles. The van der Waals surface area contributed by atoms with Crippen molar-refractivity contribution in [3.05, 3.63) is 48.0 Å². The van der Waals surface area contributed by atoms with Gasteiger partial charge in [0, 0.05) is 6.42 Å². The van der Waals surface area contributed by atoms with Crippen molar-refractivity contribution in [2.75, 3.05) is 0 Å². The van der Waals surface area contributed by atoms with Crippen molar-refractivity contribution in [1.82, 2.24) is 4.90 Å². The molecule has 3 aliphatic rings. The average molecular weight is 353 g/mol. The van der Waals surface area contributed by atoms with Crippen LogP contribution in [0.1, 0.15) is 25.8 Å². The minimum Gasteiger partial charge on any atom is -0.461 e. The van der Waals surface area contributed by atoms with Crippen molar-refractivity contribution in [3.8, 4) is 0 Å². The van der Waals surface area contributed by atoms with Crippen LogP contribution in [0.15, 0.2) is 42.5 Å². The Balaban J connectivity index is 1.64. The quantitative estimate of drug-likeness (QED) is 0.463. The van der Waals surface area contributed by atoms with Crippen molar-refractivity contribution in [2.24, 2.45) is 23.7 Å². The lowest BCUT2D eigenvalue weighted by molar-refractivity contribution is -0.161. The number of rotatable bonds is 5. The van der Waals surface area contributed by atoms with E-state index in [0.29, 0.717) is 0 Å². The summed E-state index contributed by atoms with van der Waals surface area (Å²) in [6.45, 7) is 3.54. The molecule has 0 unspecified atom stereocenters. The Morgan fingerprint density at radius 2 is 1.65 bits per heavy atom. The van der Waals surface area contributed by atoms with Gasteiger partial charge in [0.1, 0.15) is 6.04 Å². The van der Waals surface area contributed by atoms with Gasteiger partial charge >= 0.3 is 5.97 Å². The Morgan fingerprint density at radius 3 is 2.19 bits per heavy atom. The summed E-state index contributed by atoms with van der Waals surface area (Å²) in [6, 6.07) is 8.55. The standard InChI is InChI=1S/C21H23NO4/c1-12(2)26-21(25)16(10-13-6-4-3-5-7-13)22-19(23)17-14-8-9-15(11-14)18(17)20(22)24/h3-9,12,14-18H,10-11H2,1-2H3/t14-,15+,16-,17-,18+/m0/s1. The van der Waals surface area contributed by atoms with Crippen molar-refractivity contribution in [3.63, 3.8) is 0 Å². The number of benzene rings is 1. The molecular weight excluding hydrogens is 330 g/mol. The number of allylic oxidation sites excluding steroid dienone is 2. The van der Waals surface area contributed by atoms with Gasteiger partial charge in [0.2, 0.25) is 11.8 Å². The van der Waals surface area contributed by atoms with Crippen LogP contribution >= 0.6 is 0 Å². The van der Waals surface area contributed by atoms with Gasteiger partial charge in [-0.1, -0.05) is 42.5 Å². The Labute approximate surface area is 153 Å². The van der Waals surface area contributed by atoms with Gasteiger partial charge in [-0.15, -0.1) is 0 Å². The first kappa shape index (κ1) is 17.0. The first-order valence-corrected chi connectivity index (χ1v) is 9.27. The van der Waals surface area contributed by atoms with Crippen LogP contribution in [0.4, 0.5) is 0 Å². The summed E-state index contributed by atoms with van der Waals surface area (Å²) in [5.41, 5.74) is 0.900. The molecule has 5 nitrogen and oxygen atoms in total. The van der Waals surface area contributed by atoms with Gasteiger partial charge in [-0.3, -0.25) is 14.5 Å². The minimum absolute atomic E-state index is 0.130. The summed E-state index contributed by atoms with van der Waals surface area (Å²) < 4.78 is 5.38. The van der Waals surface area contributed by atoms with E-state index in [1.54, 1.807) is 13.8 Å². The lowest BCUT2D eigenvalue weighted by Gasteiger charge is -2.27. The lowest BCUT2D eigenvalue weighted by atomic mass is 9.85. The maximum atomic E-state index is 13.1. The molecule has 0 radical (unpaired) electrons. The third-order valence-electron chi connectivity index (χ3n) is 5.71. The fraction of sp³-hybridized carbons (Fsp3) is 0.476. The number of hydrogen-bond donors (Lipinski definition) is 0. The molecule has 26 heavy (non-hydrogen) atoms. The molecule has 1 aromatic carbocycles. The van der Waals surface area contributed by atoms with Crippen LogP contribution in [-0.4, -0.2) is 34.8 Å². The number of fused-ring (bicyclic) bond motifs is 5. The second-order valence-electron chi connectivity index (χ2n) is 7.74. The zero-order valence-corrected chi connectivity index (χ0v) is 15.0. The molecule has 1 heterocycles. The number of likely N-dealkylation sites (tertiary alicyclic amines) is 1. The SMILES string of the molecule is CC(C)OC(=O)[C@H](Cc1ccccc1)N1C(=O)[C@@H]2[C@H](C1=O)[C@@H]1C=C[C@H]2C1. The molecule has 1 saturated heterocycles. The number of imide groups is 1. The summed E-state index contributed by atoms with van der Waals surface area (Å²) in [5.74, 6) is -1.28. The smallest absolute Gasteiger partial charge is 0.329 e. The van der Waals surface area contributed by atoms with Crippen LogP contribution < -0.4 is 0 Å². The molecule has 0 N–H and O–H groups in total. The molecule has 1 aromatic rings. The van der Waals surface area contributed by atoms with Crippen molar-refractivity contribution < 1.29 is 19.1 Å². The van der Waals surface area contributed by atoms with Gasteiger partial charge < -0.3 is 4.74 Å². The maximum absolute atomic E-state index is 13.1. The van der Waals surface area contributed by atoms with Crippen LogP contribution in [-0.2, 0) is 25.5 Å². The minimum atomic E-state index is -0.898. The van der Waals surface area contributed by atoms with Crippen LogP contribution in [0.3, 0.4) is 0 Å². The second kappa shape index (κ2) is 6.38. The van der Waals surface area contributed by atoms with Crippen molar-refractivity contribution in [2.45, 2.75) is 38.8 Å². The molecule has 1 aliphatic heterocycles. The van der Waals surface area contributed by atoms with Gasteiger partial charge in [0.05, 0.1) is 17.9 Å². The zero-order valence-electron chi connectivity index (χ0n) is 15.0. The van der Waals surface area contributed by atoms with E-state index in [0.717, 1.165) is 12.0 Å². The summed E-state index contributed by atoms with van der Waals surface area (Å²) >= 11 is 0. The Hall–Kier alpha value is -2.43. The van der Waals surface area contributed by atoms with E-state index in [1.165, 1.54) is 4.90 Å². The fourth-order valence-corrected chi connectivity index (χ4v) is 4.66. The molecule has 0 spiro atoms. The third-order valence-corrected chi connectivity index (χ3v) is 5.71. The maximum Gasteiger partial charge on any atom is 0.329 e. The molecule has 2 fully saturated rings. The van der Waals surface area contributed by atoms with E-state index < -0.39 is 12.0 Å². The second-order valence-corrected chi connectivity index (χ2v) is 7.74. The summed E-state index contributed by atoms with van der Waals surface area (Å²) in [5, 5.41) is 0. The molecule has 2 amide bonds. The average Bonchev–Trinajstić information content (AvgIpc) is 3.28. The first-order valence-electron chi connectivity index (χ1n) is 9.27. The van der Waals surface area contributed by atoms with Crippen molar-refractivity contribution in [1.29, 1.82) is 0 Å². The van der Waals surface area contributed by atoms with E-state index in [2.05, 4.69) is 12.2 Å². The topological polar surface area (TPSA) is 63.7 Å². The predicted molar refractivity (Wildman–Crippen MR) is 94.7 cm³/mol. The molecule has 136 valence electrons. The van der Waals surface area contributed by atoms with E-state index in [4.69, 9.17) is 4.74 Å². The van der Waals surface area contributed by atoms with E-state index in [-0.39, 0.29) is 48.0 Å². The molecule has 4 rings (SSSR count). The Kier molecular flexibility index (Phi) is 4.17. The van der Waals surface area contributed by atoms with Crippen molar-refractivity contribution >= 4 is 17.8 Å². The number of esters is 1. The third kappa shape index (κ3) is 2.66. The van der Waals surface area contributed by atoms with Gasteiger partial charge in [0.25, 0.3) is 0 Å². The number of carbonyl (C=O) groups excluding carboxylic acids is 3. The molecule has 5 heteroatoms. The highest BCUT2D eigenvalue weighted by molar-refractivity contribution is 6.09. The lowest BCUT2D eigenvalue weighted by Crippen LogP contribution is -2.48. The summed E-state index contributed by atoms with van der Waals surface area (Å²) in [7, 11) is 0. The van der Waals surface area contributed by atoms with Gasteiger partial charge in [0.15, 0.2) is 0 Å². The monoisotopic (exact) mass is 353 g/mol. The van der Waals surface area contributed by atoms with E-state index >= 15 is 0 Å². The largest absolute Gasteiger partial charge is 0.461 e. The van der Waals surface area contributed by atoms with Crippen LogP contribution in [0.5, 0.6) is 0 Å².